The van der Waals surface area contributed by atoms with Gasteiger partial charge in [0, 0.05) is 44.0 Å². The number of carbonyl (C=O) groups excluding carboxylic acids is 1. The second-order valence-corrected chi connectivity index (χ2v) is 8.05. The van der Waals surface area contributed by atoms with E-state index in [4.69, 9.17) is 4.74 Å². The van der Waals surface area contributed by atoms with E-state index >= 15 is 0 Å². The van der Waals surface area contributed by atoms with Crippen LogP contribution in [0.2, 0.25) is 0 Å². The predicted molar refractivity (Wildman–Crippen MR) is 112 cm³/mol. The lowest BCUT2D eigenvalue weighted by Gasteiger charge is -2.37. The lowest BCUT2D eigenvalue weighted by molar-refractivity contribution is -0.132. The number of nitrogens with one attached hydrogen (secondary N) is 1. The summed E-state index contributed by atoms with van der Waals surface area (Å²) in [5.41, 5.74) is 1.81. The van der Waals surface area contributed by atoms with Gasteiger partial charge in [-0.1, -0.05) is 20.8 Å². The molecule has 2 rings (SSSR count). The first kappa shape index (κ1) is 22.6. The van der Waals surface area contributed by atoms with Gasteiger partial charge >= 0.3 is 0 Å². The summed E-state index contributed by atoms with van der Waals surface area (Å²) in [6.07, 6.45) is 0.400. The van der Waals surface area contributed by atoms with E-state index in [0.717, 1.165) is 50.4 Å². The summed E-state index contributed by atoms with van der Waals surface area (Å²) in [6, 6.07) is 4.57. The maximum atomic E-state index is 14.0. The average molecular weight is 394 g/mol. The molecule has 1 amide bonds. The van der Waals surface area contributed by atoms with E-state index in [1.54, 1.807) is 6.92 Å². The van der Waals surface area contributed by atoms with E-state index < -0.39 is 6.10 Å². The van der Waals surface area contributed by atoms with Crippen molar-refractivity contribution in [1.29, 1.82) is 0 Å². The van der Waals surface area contributed by atoms with Crippen molar-refractivity contribution in [1.82, 2.24) is 10.2 Å². The maximum Gasteiger partial charge on any atom is 0.249 e. The van der Waals surface area contributed by atoms with Gasteiger partial charge in [-0.05, 0) is 50.9 Å². The van der Waals surface area contributed by atoms with Crippen LogP contribution in [0.15, 0.2) is 18.2 Å². The van der Waals surface area contributed by atoms with Gasteiger partial charge < -0.3 is 19.9 Å². The number of hydrogen-bond acceptors (Lipinski definition) is 4. The number of nitrogens with zero attached hydrogens (tertiary/aromatic N) is 2. The van der Waals surface area contributed by atoms with Gasteiger partial charge in [0.05, 0.1) is 6.04 Å². The minimum Gasteiger partial charge on any atom is -0.369 e. The number of anilines is 1. The molecule has 0 saturated carbocycles. The molecule has 1 saturated heterocycles. The van der Waals surface area contributed by atoms with E-state index in [0.29, 0.717) is 12.5 Å². The van der Waals surface area contributed by atoms with Crippen molar-refractivity contribution in [2.75, 3.05) is 44.2 Å². The van der Waals surface area contributed by atoms with Gasteiger partial charge in [-0.25, -0.2) is 4.39 Å². The zero-order valence-corrected chi connectivity index (χ0v) is 18.0. The Morgan fingerprint density at radius 3 is 2.46 bits per heavy atom. The lowest BCUT2D eigenvalue weighted by atomic mass is 10.0. The molecular weight excluding hydrogens is 357 g/mol. The highest BCUT2D eigenvalue weighted by Gasteiger charge is 2.23. The van der Waals surface area contributed by atoms with E-state index in [9.17, 15) is 9.18 Å². The zero-order valence-electron chi connectivity index (χ0n) is 18.0. The van der Waals surface area contributed by atoms with Crippen molar-refractivity contribution in [3.63, 3.8) is 0 Å². The molecule has 1 heterocycles. The number of hydrogen-bond donors (Lipinski definition) is 1. The van der Waals surface area contributed by atoms with Crippen LogP contribution in [-0.2, 0) is 9.53 Å². The molecule has 5 nitrogen and oxygen atoms in total. The first-order valence-electron chi connectivity index (χ1n) is 10.5. The van der Waals surface area contributed by atoms with Crippen molar-refractivity contribution in [2.45, 2.75) is 53.2 Å². The van der Waals surface area contributed by atoms with Crippen molar-refractivity contribution < 1.29 is 13.9 Å². The fraction of sp³-hybridized carbons (Fsp3) is 0.682. The molecule has 158 valence electrons. The largest absolute Gasteiger partial charge is 0.369 e. The number of piperazine rings is 1. The first-order valence-corrected chi connectivity index (χ1v) is 10.5. The summed E-state index contributed by atoms with van der Waals surface area (Å²) in [5, 5.41) is 2.99. The molecule has 1 aliphatic heterocycles. The topological polar surface area (TPSA) is 44.8 Å². The van der Waals surface area contributed by atoms with E-state index in [2.05, 4.69) is 35.9 Å². The number of ether oxygens (including phenoxy) is 1. The van der Waals surface area contributed by atoms with Gasteiger partial charge in [-0.2, -0.15) is 0 Å². The fourth-order valence-electron chi connectivity index (χ4n) is 3.43. The van der Waals surface area contributed by atoms with Crippen LogP contribution >= 0.6 is 0 Å². The molecule has 1 aliphatic rings. The molecule has 28 heavy (non-hydrogen) atoms. The Bertz CT molecular complexity index is 630. The second kappa shape index (κ2) is 10.8. The van der Waals surface area contributed by atoms with Gasteiger partial charge in [-0.3, -0.25) is 4.79 Å². The van der Waals surface area contributed by atoms with Crippen LogP contribution in [0.3, 0.4) is 0 Å². The first-order chi connectivity index (χ1) is 13.3. The SMILES string of the molecule is CCN1CCN(c2ccc(F)cc2C(C)NC(=O)C(C)OCCC(C)C)CC1. The third-order valence-corrected chi connectivity index (χ3v) is 5.41. The van der Waals surface area contributed by atoms with Crippen LogP contribution < -0.4 is 10.2 Å². The van der Waals surface area contributed by atoms with Gasteiger partial charge in [0.2, 0.25) is 5.91 Å². The van der Waals surface area contributed by atoms with Gasteiger partial charge in [0.25, 0.3) is 0 Å². The zero-order chi connectivity index (χ0) is 20.7. The van der Waals surface area contributed by atoms with Crippen LogP contribution in [0.25, 0.3) is 0 Å². The normalized spacial score (nSPS) is 17.6. The summed E-state index contributed by atoms with van der Waals surface area (Å²) in [4.78, 5) is 17.2. The standard InChI is InChI=1S/C22H36FN3O2/c1-6-25-10-12-26(13-11-25)21-8-7-19(23)15-20(21)17(4)24-22(27)18(5)28-14-9-16(2)3/h7-8,15-18H,6,9-14H2,1-5H3,(H,24,27). The van der Waals surface area contributed by atoms with Crippen LogP contribution in [-0.4, -0.2) is 56.2 Å². The molecule has 0 aromatic heterocycles. The van der Waals surface area contributed by atoms with Gasteiger partial charge in [0.15, 0.2) is 0 Å². The Morgan fingerprint density at radius 1 is 1.18 bits per heavy atom. The molecular formula is C22H36FN3O2. The Kier molecular flexibility index (Phi) is 8.70. The average Bonchev–Trinajstić information content (AvgIpc) is 2.67. The number of carbonyl (C=O) groups is 1. The molecule has 1 N–H and O–H groups in total. The maximum absolute atomic E-state index is 14.0. The van der Waals surface area contributed by atoms with Crippen LogP contribution in [0.1, 0.15) is 52.6 Å². The van der Waals surface area contributed by atoms with E-state index in [-0.39, 0.29) is 17.8 Å². The summed E-state index contributed by atoms with van der Waals surface area (Å²) < 4.78 is 19.6. The number of halogens is 1. The van der Waals surface area contributed by atoms with E-state index in [1.165, 1.54) is 12.1 Å². The van der Waals surface area contributed by atoms with Crippen molar-refractivity contribution in [3.8, 4) is 0 Å². The predicted octanol–water partition coefficient (Wildman–Crippen LogP) is 3.60. The number of amides is 1. The van der Waals surface area contributed by atoms with Crippen molar-refractivity contribution in [3.05, 3.63) is 29.6 Å². The molecule has 1 fully saturated rings. The summed E-state index contributed by atoms with van der Waals surface area (Å²) in [6.45, 7) is 15.5. The fourth-order valence-corrected chi connectivity index (χ4v) is 3.43. The van der Waals surface area contributed by atoms with Gasteiger partial charge in [-0.15, -0.1) is 0 Å². The number of rotatable bonds is 9. The lowest BCUT2D eigenvalue weighted by Crippen LogP contribution is -2.46. The third kappa shape index (κ3) is 6.45. The molecule has 0 radical (unpaired) electrons. The summed E-state index contributed by atoms with van der Waals surface area (Å²) in [5.74, 6) is 0.0905. The minimum absolute atomic E-state index is 0.165. The monoisotopic (exact) mass is 393 g/mol. The molecule has 2 atom stereocenters. The Hall–Kier alpha value is -1.66. The highest BCUT2D eigenvalue weighted by atomic mass is 19.1. The van der Waals surface area contributed by atoms with Crippen LogP contribution in [0.5, 0.6) is 0 Å². The quantitative estimate of drug-likeness (QED) is 0.696. The summed E-state index contributed by atoms with van der Waals surface area (Å²) >= 11 is 0. The molecule has 1 aromatic carbocycles. The number of likely N-dealkylation sites (N-methyl/N-ethyl adjacent to an activating group) is 1. The van der Waals surface area contributed by atoms with Crippen molar-refractivity contribution in [2.24, 2.45) is 5.92 Å². The summed E-state index contributed by atoms with van der Waals surface area (Å²) in [7, 11) is 0. The highest BCUT2D eigenvalue weighted by Crippen LogP contribution is 2.28. The Labute approximate surface area is 169 Å². The smallest absolute Gasteiger partial charge is 0.249 e. The minimum atomic E-state index is -0.522. The van der Waals surface area contributed by atoms with E-state index in [1.807, 2.05) is 13.0 Å². The van der Waals surface area contributed by atoms with Crippen LogP contribution in [0.4, 0.5) is 10.1 Å². The van der Waals surface area contributed by atoms with Crippen molar-refractivity contribution >= 4 is 11.6 Å². The molecule has 0 spiro atoms. The second-order valence-electron chi connectivity index (χ2n) is 8.05. The number of benzene rings is 1. The highest BCUT2D eigenvalue weighted by molar-refractivity contribution is 5.81. The Morgan fingerprint density at radius 2 is 1.86 bits per heavy atom. The van der Waals surface area contributed by atoms with Gasteiger partial charge in [0.1, 0.15) is 11.9 Å². The molecule has 2 unspecified atom stereocenters. The molecule has 0 bridgehead atoms. The third-order valence-electron chi connectivity index (χ3n) is 5.41. The van der Waals surface area contributed by atoms with Crippen LogP contribution in [0, 0.1) is 11.7 Å². The molecule has 0 aliphatic carbocycles. The Balaban J connectivity index is 2.03. The molecule has 6 heteroatoms. The molecule has 1 aromatic rings.